The molecule has 2 aromatic rings. The summed E-state index contributed by atoms with van der Waals surface area (Å²) in [7, 11) is 0. The van der Waals surface area contributed by atoms with E-state index in [1.807, 2.05) is 61.7 Å². The lowest BCUT2D eigenvalue weighted by molar-refractivity contribution is -0.120. The number of anilines is 1. The van der Waals surface area contributed by atoms with E-state index in [0.717, 1.165) is 21.7 Å². The summed E-state index contributed by atoms with van der Waals surface area (Å²) in [6.45, 7) is 3.46. The van der Waals surface area contributed by atoms with Gasteiger partial charge in [-0.2, -0.15) is 0 Å². The van der Waals surface area contributed by atoms with Gasteiger partial charge in [0.2, 0.25) is 11.8 Å². The largest absolute Gasteiger partial charge is 0.349 e. The van der Waals surface area contributed by atoms with Crippen molar-refractivity contribution in [2.24, 2.45) is 0 Å². The van der Waals surface area contributed by atoms with E-state index in [9.17, 15) is 9.59 Å². The third-order valence-electron chi connectivity index (χ3n) is 3.62. The van der Waals surface area contributed by atoms with Gasteiger partial charge in [-0.05, 0) is 43.0 Å². The number of hydrogen-bond acceptors (Lipinski definition) is 3. The highest BCUT2D eigenvalue weighted by atomic mass is 32.2. The van der Waals surface area contributed by atoms with Gasteiger partial charge in [0, 0.05) is 17.5 Å². The van der Waals surface area contributed by atoms with Crippen molar-refractivity contribution in [2.45, 2.75) is 31.2 Å². The van der Waals surface area contributed by atoms with Gasteiger partial charge >= 0.3 is 0 Å². The highest BCUT2D eigenvalue weighted by Crippen LogP contribution is 2.20. The van der Waals surface area contributed by atoms with Crippen LogP contribution in [0.15, 0.2) is 53.4 Å². The number of nitrogens with one attached hydrogen (secondary N) is 2. The van der Waals surface area contributed by atoms with Crippen LogP contribution >= 0.6 is 11.8 Å². The van der Waals surface area contributed by atoms with Gasteiger partial charge in [-0.3, -0.25) is 9.59 Å². The van der Waals surface area contributed by atoms with E-state index in [2.05, 4.69) is 10.6 Å². The summed E-state index contributed by atoms with van der Waals surface area (Å²) in [6.07, 6.45) is 2.19. The van der Waals surface area contributed by atoms with Gasteiger partial charge in [0.15, 0.2) is 0 Å². The summed E-state index contributed by atoms with van der Waals surface area (Å²) in [5.41, 5.74) is 2.81. The third kappa shape index (κ3) is 5.42. The second-order valence-corrected chi connectivity index (χ2v) is 6.52. The van der Waals surface area contributed by atoms with Gasteiger partial charge in [0.05, 0.1) is 12.5 Å². The molecule has 2 rings (SSSR count). The van der Waals surface area contributed by atoms with Gasteiger partial charge in [-0.1, -0.05) is 29.8 Å². The Bertz CT molecular complexity index is 696. The van der Waals surface area contributed by atoms with Crippen molar-refractivity contribution in [2.75, 3.05) is 11.6 Å². The molecule has 0 spiro atoms. The number of hydrogen-bond donors (Lipinski definition) is 2. The molecule has 0 fully saturated rings. The summed E-state index contributed by atoms with van der Waals surface area (Å²) in [6, 6.07) is 15.2. The van der Waals surface area contributed by atoms with Crippen LogP contribution < -0.4 is 10.6 Å². The van der Waals surface area contributed by atoms with Crippen LogP contribution in [0.4, 0.5) is 5.69 Å². The molecule has 24 heavy (non-hydrogen) atoms. The molecule has 4 nitrogen and oxygen atoms in total. The summed E-state index contributed by atoms with van der Waals surface area (Å²) in [5, 5.41) is 5.73. The zero-order valence-corrected chi connectivity index (χ0v) is 14.9. The minimum absolute atomic E-state index is 0.133. The Kier molecular flexibility index (Phi) is 6.44. The first kappa shape index (κ1) is 18.1. The molecule has 126 valence electrons. The fraction of sp³-hybridized carbons (Fsp3) is 0.263. The SMILES string of the molecule is CSc1ccc(NC(=O)CC(NC(C)=O)c2ccc(C)cc2)cc1. The van der Waals surface area contributed by atoms with E-state index in [1.165, 1.54) is 6.92 Å². The predicted molar refractivity (Wildman–Crippen MR) is 99.2 cm³/mol. The second kappa shape index (κ2) is 8.55. The predicted octanol–water partition coefficient (Wildman–Crippen LogP) is 3.92. The summed E-state index contributed by atoms with van der Waals surface area (Å²) < 4.78 is 0. The topological polar surface area (TPSA) is 58.2 Å². The van der Waals surface area contributed by atoms with E-state index in [1.54, 1.807) is 11.8 Å². The first-order valence-electron chi connectivity index (χ1n) is 7.75. The lowest BCUT2D eigenvalue weighted by atomic mass is 10.0. The quantitative estimate of drug-likeness (QED) is 0.782. The zero-order chi connectivity index (χ0) is 17.5. The van der Waals surface area contributed by atoms with Gasteiger partial charge < -0.3 is 10.6 Å². The Morgan fingerprint density at radius 2 is 1.67 bits per heavy atom. The number of amides is 2. The molecule has 0 heterocycles. The molecule has 5 heteroatoms. The monoisotopic (exact) mass is 342 g/mol. The van der Waals surface area contributed by atoms with Gasteiger partial charge in [-0.25, -0.2) is 0 Å². The van der Waals surface area contributed by atoms with Crippen molar-refractivity contribution in [3.63, 3.8) is 0 Å². The Hall–Kier alpha value is -2.27. The molecule has 1 atom stereocenters. The normalized spacial score (nSPS) is 11.6. The minimum Gasteiger partial charge on any atom is -0.349 e. The summed E-state index contributed by atoms with van der Waals surface area (Å²) >= 11 is 1.65. The van der Waals surface area contributed by atoms with Crippen molar-refractivity contribution in [1.29, 1.82) is 0 Å². The number of rotatable bonds is 6. The Labute approximate surface area is 147 Å². The van der Waals surface area contributed by atoms with Crippen LogP contribution in [0.1, 0.15) is 30.5 Å². The maximum Gasteiger partial charge on any atom is 0.226 e. The number of thioether (sulfide) groups is 1. The lowest BCUT2D eigenvalue weighted by Gasteiger charge is -2.18. The molecule has 0 aliphatic rings. The molecular formula is C19H22N2O2S. The fourth-order valence-corrected chi connectivity index (χ4v) is 2.78. The van der Waals surface area contributed by atoms with E-state index in [4.69, 9.17) is 0 Å². The Balaban J connectivity index is 2.05. The van der Waals surface area contributed by atoms with E-state index >= 15 is 0 Å². The van der Waals surface area contributed by atoms with Crippen LogP contribution in [-0.2, 0) is 9.59 Å². The second-order valence-electron chi connectivity index (χ2n) is 5.64. The molecule has 2 amide bonds. The number of carbonyl (C=O) groups excluding carboxylic acids is 2. The third-order valence-corrected chi connectivity index (χ3v) is 4.36. The van der Waals surface area contributed by atoms with Crippen molar-refractivity contribution < 1.29 is 9.59 Å². The molecule has 2 N–H and O–H groups in total. The molecule has 0 bridgehead atoms. The first-order chi connectivity index (χ1) is 11.5. The van der Waals surface area contributed by atoms with Gasteiger partial charge in [0.1, 0.15) is 0 Å². The molecule has 2 aromatic carbocycles. The van der Waals surface area contributed by atoms with Crippen molar-refractivity contribution in [3.05, 3.63) is 59.7 Å². The van der Waals surface area contributed by atoms with Crippen LogP contribution in [0.2, 0.25) is 0 Å². The molecule has 1 unspecified atom stereocenters. The summed E-state index contributed by atoms with van der Waals surface area (Å²) in [5.74, 6) is -0.288. The fourth-order valence-electron chi connectivity index (χ4n) is 2.37. The van der Waals surface area contributed by atoms with E-state index in [0.29, 0.717) is 0 Å². The van der Waals surface area contributed by atoms with Crippen LogP contribution in [0, 0.1) is 6.92 Å². The molecule has 0 aromatic heterocycles. The maximum absolute atomic E-state index is 12.3. The molecule has 0 aliphatic carbocycles. The van der Waals surface area contributed by atoms with Crippen molar-refractivity contribution >= 4 is 29.3 Å². The number of aryl methyl sites for hydroxylation is 1. The highest BCUT2D eigenvalue weighted by molar-refractivity contribution is 7.98. The smallest absolute Gasteiger partial charge is 0.226 e. The standard InChI is InChI=1S/C19H22N2O2S/c1-13-4-6-15(7-5-13)18(20-14(2)22)12-19(23)21-16-8-10-17(24-3)11-9-16/h4-11,18H,12H2,1-3H3,(H,20,22)(H,21,23). The van der Waals surface area contributed by atoms with Crippen LogP contribution in [0.3, 0.4) is 0 Å². The molecular weight excluding hydrogens is 320 g/mol. The van der Waals surface area contributed by atoms with Crippen LogP contribution in [0.5, 0.6) is 0 Å². The number of benzene rings is 2. The van der Waals surface area contributed by atoms with Crippen LogP contribution in [0.25, 0.3) is 0 Å². The van der Waals surface area contributed by atoms with Crippen LogP contribution in [-0.4, -0.2) is 18.1 Å². The van der Waals surface area contributed by atoms with Gasteiger partial charge in [0.25, 0.3) is 0 Å². The van der Waals surface area contributed by atoms with E-state index in [-0.39, 0.29) is 24.3 Å². The lowest BCUT2D eigenvalue weighted by Crippen LogP contribution is -2.29. The van der Waals surface area contributed by atoms with Gasteiger partial charge in [-0.15, -0.1) is 11.8 Å². The zero-order valence-electron chi connectivity index (χ0n) is 14.1. The average Bonchev–Trinajstić information content (AvgIpc) is 2.55. The number of carbonyl (C=O) groups is 2. The summed E-state index contributed by atoms with van der Waals surface area (Å²) in [4.78, 5) is 24.9. The van der Waals surface area contributed by atoms with Crippen molar-refractivity contribution in [1.82, 2.24) is 5.32 Å². The van der Waals surface area contributed by atoms with Crippen molar-refractivity contribution in [3.8, 4) is 0 Å². The molecule has 0 radical (unpaired) electrons. The molecule has 0 saturated carbocycles. The molecule has 0 aliphatic heterocycles. The first-order valence-corrected chi connectivity index (χ1v) is 8.98. The maximum atomic E-state index is 12.3. The molecule has 0 saturated heterocycles. The Morgan fingerprint density at radius 3 is 2.21 bits per heavy atom. The average molecular weight is 342 g/mol. The minimum atomic E-state index is -0.339. The Morgan fingerprint density at radius 1 is 1.04 bits per heavy atom. The highest BCUT2D eigenvalue weighted by Gasteiger charge is 2.17. The van der Waals surface area contributed by atoms with E-state index < -0.39 is 0 Å².